The Labute approximate surface area is 325 Å². The molecular weight excluding hydrogens is 663 g/mol. The fourth-order valence-electron chi connectivity index (χ4n) is 9.45. The fraction of sp³-hybridized carbons (Fsp3) is 0.111. The maximum atomic E-state index is 2.47. The lowest BCUT2D eigenvalue weighted by Crippen LogP contribution is -2.17. The Kier molecular flexibility index (Phi) is 7.58. The lowest BCUT2D eigenvalue weighted by atomic mass is 9.82. The molecule has 8 aromatic rings. The van der Waals surface area contributed by atoms with Crippen LogP contribution < -0.4 is 4.90 Å². The van der Waals surface area contributed by atoms with Gasteiger partial charge in [0.1, 0.15) is 0 Å². The van der Waals surface area contributed by atoms with Crippen molar-refractivity contribution in [1.82, 2.24) is 0 Å². The average molecular weight is 706 g/mol. The van der Waals surface area contributed by atoms with E-state index >= 15 is 0 Å². The van der Waals surface area contributed by atoms with E-state index in [2.05, 4.69) is 221 Å². The topological polar surface area (TPSA) is 3.24 Å². The van der Waals surface area contributed by atoms with Crippen LogP contribution in [0, 0.1) is 0 Å². The Morgan fingerprint density at radius 3 is 1.51 bits per heavy atom. The Bertz CT molecular complexity index is 2740. The summed E-state index contributed by atoms with van der Waals surface area (Å²) in [6, 6.07) is 69.5. The minimum absolute atomic E-state index is 0.00857. The van der Waals surface area contributed by atoms with Gasteiger partial charge in [0.2, 0.25) is 0 Å². The van der Waals surface area contributed by atoms with Gasteiger partial charge >= 0.3 is 0 Å². The van der Waals surface area contributed by atoms with Crippen molar-refractivity contribution >= 4 is 17.1 Å². The van der Waals surface area contributed by atoms with Crippen LogP contribution in [0.1, 0.15) is 49.9 Å². The summed E-state index contributed by atoms with van der Waals surface area (Å²) in [5.41, 5.74) is 21.4. The van der Waals surface area contributed by atoms with Gasteiger partial charge < -0.3 is 4.90 Å². The minimum atomic E-state index is -0.119. The number of benzene rings is 8. The molecule has 55 heavy (non-hydrogen) atoms. The van der Waals surface area contributed by atoms with Crippen molar-refractivity contribution in [3.8, 4) is 55.6 Å². The van der Waals surface area contributed by atoms with Gasteiger partial charge in [-0.1, -0.05) is 179 Å². The van der Waals surface area contributed by atoms with Gasteiger partial charge in [0, 0.05) is 27.8 Å². The SMILES string of the molecule is CC1(C)c2ccccc2-c2cc(-c3ccc(N(c4ccc5c(c4)C(C)(C)c4ccccc4-5)c4cccc(-c5ccccc5)c4-c4ccccc4)cc3)ccc21. The van der Waals surface area contributed by atoms with Crippen LogP contribution in [0.2, 0.25) is 0 Å². The summed E-state index contributed by atoms with van der Waals surface area (Å²) in [6.45, 7) is 9.41. The molecule has 264 valence electrons. The summed E-state index contributed by atoms with van der Waals surface area (Å²) >= 11 is 0. The van der Waals surface area contributed by atoms with E-state index in [0.717, 1.165) is 17.1 Å². The molecule has 0 aliphatic heterocycles. The third-order valence-electron chi connectivity index (χ3n) is 12.3. The Balaban J connectivity index is 1.15. The largest absolute Gasteiger partial charge is 0.310 e. The second-order valence-corrected chi connectivity index (χ2v) is 16.1. The van der Waals surface area contributed by atoms with Crippen LogP contribution in [-0.2, 0) is 10.8 Å². The first-order valence-corrected chi connectivity index (χ1v) is 19.4. The highest BCUT2D eigenvalue weighted by atomic mass is 15.1. The number of rotatable bonds is 6. The maximum absolute atomic E-state index is 2.47. The zero-order valence-electron chi connectivity index (χ0n) is 31.8. The van der Waals surface area contributed by atoms with E-state index in [1.54, 1.807) is 0 Å². The molecule has 1 heteroatoms. The molecular formula is C54H43N. The molecule has 0 bridgehead atoms. The van der Waals surface area contributed by atoms with E-state index in [0.29, 0.717) is 0 Å². The molecule has 2 aliphatic carbocycles. The monoisotopic (exact) mass is 705 g/mol. The smallest absolute Gasteiger partial charge is 0.0546 e. The quantitative estimate of drug-likeness (QED) is 0.166. The molecule has 1 nitrogen and oxygen atoms in total. The molecule has 0 atom stereocenters. The van der Waals surface area contributed by atoms with Crippen LogP contribution in [0.15, 0.2) is 188 Å². The summed E-state index contributed by atoms with van der Waals surface area (Å²) in [6.07, 6.45) is 0. The number of hydrogen-bond donors (Lipinski definition) is 0. The van der Waals surface area contributed by atoms with Gasteiger partial charge in [-0.2, -0.15) is 0 Å². The van der Waals surface area contributed by atoms with Crippen LogP contribution in [0.4, 0.5) is 17.1 Å². The fourth-order valence-corrected chi connectivity index (χ4v) is 9.45. The number of fused-ring (bicyclic) bond motifs is 6. The van der Waals surface area contributed by atoms with E-state index < -0.39 is 0 Å². The zero-order valence-corrected chi connectivity index (χ0v) is 31.8. The predicted molar refractivity (Wildman–Crippen MR) is 233 cm³/mol. The maximum Gasteiger partial charge on any atom is 0.0546 e. The van der Waals surface area contributed by atoms with Gasteiger partial charge in [-0.15, -0.1) is 0 Å². The zero-order chi connectivity index (χ0) is 37.3. The Hall–Kier alpha value is -6.44. The standard InChI is InChI=1S/C54H43N/c1-53(2)48-24-14-12-21-44(48)46-34-39(28-33-49(46)53)36-26-29-40(30-27-36)55(41-31-32-45-43-20-11-13-23-47(43)54(3,4)50(45)35-41)51-25-15-22-42(37-16-7-5-8-17-37)52(51)38-18-9-6-10-19-38/h5-35H,1-4H3. The van der Waals surface area contributed by atoms with Crippen LogP contribution in [0.3, 0.4) is 0 Å². The van der Waals surface area contributed by atoms with Crippen LogP contribution in [0.25, 0.3) is 55.6 Å². The summed E-state index contributed by atoms with van der Waals surface area (Å²) in [5.74, 6) is 0. The van der Waals surface area contributed by atoms with Gasteiger partial charge in [0.25, 0.3) is 0 Å². The highest BCUT2D eigenvalue weighted by Crippen LogP contribution is 2.53. The third-order valence-corrected chi connectivity index (χ3v) is 12.3. The summed E-state index contributed by atoms with van der Waals surface area (Å²) in [7, 11) is 0. The first-order valence-electron chi connectivity index (χ1n) is 19.4. The average Bonchev–Trinajstić information content (AvgIpc) is 3.61. The van der Waals surface area contributed by atoms with E-state index in [9.17, 15) is 0 Å². The van der Waals surface area contributed by atoms with Gasteiger partial charge in [0.15, 0.2) is 0 Å². The first-order chi connectivity index (χ1) is 26.8. The molecule has 0 fully saturated rings. The molecule has 0 unspecified atom stereocenters. The number of anilines is 3. The van der Waals surface area contributed by atoms with Gasteiger partial charge in [-0.25, -0.2) is 0 Å². The van der Waals surface area contributed by atoms with Gasteiger partial charge in [0.05, 0.1) is 5.69 Å². The molecule has 0 amide bonds. The van der Waals surface area contributed by atoms with E-state index in [4.69, 9.17) is 0 Å². The molecule has 0 spiro atoms. The van der Waals surface area contributed by atoms with E-state index in [-0.39, 0.29) is 10.8 Å². The molecule has 0 saturated heterocycles. The first kappa shape index (κ1) is 33.2. The highest BCUT2D eigenvalue weighted by molar-refractivity contribution is 5.97. The molecule has 0 heterocycles. The Morgan fingerprint density at radius 2 is 0.818 bits per heavy atom. The van der Waals surface area contributed by atoms with Crippen molar-refractivity contribution in [3.63, 3.8) is 0 Å². The molecule has 0 radical (unpaired) electrons. The van der Waals surface area contributed by atoms with Crippen molar-refractivity contribution in [2.75, 3.05) is 4.90 Å². The highest BCUT2D eigenvalue weighted by Gasteiger charge is 2.37. The predicted octanol–water partition coefficient (Wildman–Crippen LogP) is 14.8. The summed E-state index contributed by atoms with van der Waals surface area (Å²) in [5, 5.41) is 0. The summed E-state index contributed by atoms with van der Waals surface area (Å²) < 4.78 is 0. The van der Waals surface area contributed by atoms with E-state index in [1.807, 2.05) is 0 Å². The lowest BCUT2D eigenvalue weighted by Gasteiger charge is -2.31. The van der Waals surface area contributed by atoms with Crippen molar-refractivity contribution in [2.24, 2.45) is 0 Å². The Morgan fingerprint density at radius 1 is 0.309 bits per heavy atom. The van der Waals surface area contributed by atoms with Crippen LogP contribution in [0.5, 0.6) is 0 Å². The molecule has 0 aromatic heterocycles. The lowest BCUT2D eigenvalue weighted by molar-refractivity contribution is 0.660. The molecule has 8 aromatic carbocycles. The second-order valence-electron chi connectivity index (χ2n) is 16.1. The molecule has 0 saturated carbocycles. The van der Waals surface area contributed by atoms with Crippen molar-refractivity contribution in [2.45, 2.75) is 38.5 Å². The van der Waals surface area contributed by atoms with E-state index in [1.165, 1.54) is 77.9 Å². The second kappa shape index (κ2) is 12.6. The van der Waals surface area contributed by atoms with Gasteiger partial charge in [-0.05, 0) is 109 Å². The number of nitrogens with zero attached hydrogens (tertiary/aromatic N) is 1. The van der Waals surface area contributed by atoms with Crippen LogP contribution >= 0.6 is 0 Å². The summed E-state index contributed by atoms with van der Waals surface area (Å²) in [4.78, 5) is 2.47. The number of hydrogen-bond acceptors (Lipinski definition) is 1. The van der Waals surface area contributed by atoms with Crippen molar-refractivity contribution < 1.29 is 0 Å². The van der Waals surface area contributed by atoms with Gasteiger partial charge in [-0.3, -0.25) is 0 Å². The molecule has 2 aliphatic rings. The van der Waals surface area contributed by atoms with Crippen LogP contribution in [-0.4, -0.2) is 0 Å². The molecule has 10 rings (SSSR count). The third kappa shape index (κ3) is 5.22. The normalized spacial score (nSPS) is 14.1. The van der Waals surface area contributed by atoms with Crippen molar-refractivity contribution in [1.29, 1.82) is 0 Å². The molecule has 0 N–H and O–H groups in total. The van der Waals surface area contributed by atoms with Crippen molar-refractivity contribution in [3.05, 3.63) is 210 Å². The minimum Gasteiger partial charge on any atom is -0.310 e.